The van der Waals surface area contributed by atoms with E-state index in [1.807, 2.05) is 13.8 Å². The van der Waals surface area contributed by atoms with Gasteiger partial charge in [-0.3, -0.25) is 62.3 Å². The second-order valence-electron chi connectivity index (χ2n) is 24.3. The summed E-state index contributed by atoms with van der Waals surface area (Å²) in [6, 6.07) is -9.10. The first-order chi connectivity index (χ1) is 43.7. The van der Waals surface area contributed by atoms with Crippen molar-refractivity contribution in [3.8, 4) is 5.75 Å². The van der Waals surface area contributed by atoms with Gasteiger partial charge >= 0.3 is 11.9 Å². The van der Waals surface area contributed by atoms with Crippen molar-refractivity contribution < 1.29 is 87.5 Å². The molecule has 1 aromatic heterocycles. The molecule has 1 aliphatic heterocycles. The Balaban J connectivity index is 1.79. The first kappa shape index (κ1) is 78.0. The molecule has 11 atom stereocenters. The van der Waals surface area contributed by atoms with Gasteiger partial charge in [0.1, 0.15) is 60.1 Å². The van der Waals surface area contributed by atoms with E-state index >= 15 is 0 Å². The lowest BCUT2D eigenvalue weighted by molar-refractivity contribution is -0.143. The number of aliphatic hydroxyl groups is 1. The molecule has 33 heteroatoms. The van der Waals surface area contributed by atoms with Crippen LogP contribution in [0.4, 0.5) is 0 Å². The third-order valence-electron chi connectivity index (χ3n) is 15.0. The summed E-state index contributed by atoms with van der Waals surface area (Å²) in [5.74, 6) is -15.2. The maximum absolute atomic E-state index is 14.3. The lowest BCUT2D eigenvalue weighted by Crippen LogP contribution is -2.61. The standard InChI is InChI=1S/C60H93N15O18/c1-9-33(8)50(74-58(90)45-11-10-18-75(45)48(80)27-65-51(83)37(61)19-30(2)3)59(91)64-26-47(79)67-44(28-76)57(89)69-39(20-31(4)5)53(85)68-38(16-17-49(81)82)52(84)72-42(24-46(62)78)56(88)71-41(23-35-25-63-29-66-35)55(87)70-40(22-34-12-14-36(77)15-13-34)54(86)73-43(60(92)93)21-32(6)7/h12-15,25,29-33,37-45,50,76-77H,9-11,16-24,26-28,61H2,1-8H3,(H2,62,78)(H,63,66)(H,64,91)(H,65,83)(H,67,79)(H,68,85)(H,69,89)(H,70,87)(H,71,88)(H,72,84)(H,73,86)(H,74,90)(H,81,82)(H,92,93)/t33-,37-,38-,39-,40-,41-,42-,43-,44-,45-,50-/m0/s1. The van der Waals surface area contributed by atoms with E-state index < -0.39 is 188 Å². The van der Waals surface area contributed by atoms with Gasteiger partial charge in [0.2, 0.25) is 70.9 Å². The molecule has 3 rings (SSSR count). The van der Waals surface area contributed by atoms with Crippen LogP contribution in [0.25, 0.3) is 0 Å². The van der Waals surface area contributed by atoms with Crippen molar-refractivity contribution in [3.05, 3.63) is 48.0 Å². The molecule has 19 N–H and O–H groups in total. The van der Waals surface area contributed by atoms with E-state index in [-0.39, 0.29) is 67.8 Å². The number of primary amides is 1. The molecule has 0 radical (unpaired) electrons. The fraction of sp³-hybridized carbons (Fsp3) is 0.617. The molecule has 2 heterocycles. The van der Waals surface area contributed by atoms with E-state index in [4.69, 9.17) is 11.5 Å². The Labute approximate surface area is 538 Å². The van der Waals surface area contributed by atoms with Crippen molar-refractivity contribution in [2.45, 2.75) is 186 Å². The second kappa shape index (κ2) is 38.5. The maximum atomic E-state index is 14.3. The normalized spacial score (nSPS) is 16.1. The van der Waals surface area contributed by atoms with Crippen molar-refractivity contribution in [1.82, 2.24) is 68.0 Å². The molecule has 1 aromatic carbocycles. The highest BCUT2D eigenvalue weighted by atomic mass is 16.4. The number of nitrogens with two attached hydrogens (primary N) is 2. The first-order valence-electron chi connectivity index (χ1n) is 30.8. The largest absolute Gasteiger partial charge is 0.508 e. The number of carbonyl (C=O) groups is 14. The van der Waals surface area contributed by atoms with E-state index in [9.17, 15) is 87.5 Å². The Morgan fingerprint density at radius 2 is 1.14 bits per heavy atom. The number of aliphatic hydroxyl groups excluding tert-OH is 1. The Morgan fingerprint density at radius 3 is 1.69 bits per heavy atom. The summed E-state index contributed by atoms with van der Waals surface area (Å²) in [4.78, 5) is 195. The molecule has 0 bridgehead atoms. The number of nitrogens with one attached hydrogen (secondary N) is 11. The van der Waals surface area contributed by atoms with Crippen LogP contribution in [-0.2, 0) is 80.0 Å². The topological polar surface area (TPSA) is 524 Å². The average molecular weight is 1310 g/mol. The van der Waals surface area contributed by atoms with Crippen LogP contribution in [-0.4, -0.2) is 205 Å². The molecule has 0 aliphatic carbocycles. The number of aromatic nitrogens is 2. The van der Waals surface area contributed by atoms with Gasteiger partial charge < -0.3 is 94.9 Å². The van der Waals surface area contributed by atoms with Crippen LogP contribution in [0, 0.1) is 23.7 Å². The molecule has 12 amide bonds. The number of benzene rings is 1. The number of aromatic hydroxyl groups is 1. The van der Waals surface area contributed by atoms with Crippen molar-refractivity contribution in [1.29, 1.82) is 0 Å². The number of amides is 12. The Hall–Kier alpha value is -9.27. The van der Waals surface area contributed by atoms with Gasteiger partial charge in [-0.15, -0.1) is 0 Å². The van der Waals surface area contributed by atoms with E-state index in [2.05, 4.69) is 63.1 Å². The van der Waals surface area contributed by atoms with E-state index in [1.54, 1.807) is 41.5 Å². The van der Waals surface area contributed by atoms with Crippen LogP contribution in [0.5, 0.6) is 5.75 Å². The van der Waals surface area contributed by atoms with Gasteiger partial charge in [-0.1, -0.05) is 73.9 Å². The maximum Gasteiger partial charge on any atom is 0.326 e. The van der Waals surface area contributed by atoms with Crippen molar-refractivity contribution in [2.24, 2.45) is 35.1 Å². The summed E-state index contributed by atoms with van der Waals surface area (Å²) in [5, 5.41) is 64.0. The fourth-order valence-corrected chi connectivity index (χ4v) is 9.89. The van der Waals surface area contributed by atoms with Crippen LogP contribution in [0.15, 0.2) is 36.8 Å². The second-order valence-corrected chi connectivity index (χ2v) is 24.3. The zero-order valence-corrected chi connectivity index (χ0v) is 53.7. The molecule has 1 saturated heterocycles. The van der Waals surface area contributed by atoms with E-state index in [1.165, 1.54) is 41.7 Å². The molecule has 0 spiro atoms. The summed E-state index contributed by atoms with van der Waals surface area (Å²) in [6.45, 7) is 12.0. The number of rotatable bonds is 40. The van der Waals surface area contributed by atoms with E-state index in [0.29, 0.717) is 24.8 Å². The van der Waals surface area contributed by atoms with Gasteiger partial charge in [-0.25, -0.2) is 9.78 Å². The number of aromatic amines is 1. The van der Waals surface area contributed by atoms with Crippen LogP contribution < -0.4 is 64.6 Å². The van der Waals surface area contributed by atoms with Crippen molar-refractivity contribution >= 4 is 82.8 Å². The molecule has 0 saturated carbocycles. The summed E-state index contributed by atoms with van der Waals surface area (Å²) >= 11 is 0. The molecule has 1 aliphatic rings. The summed E-state index contributed by atoms with van der Waals surface area (Å²) in [7, 11) is 0. The van der Waals surface area contributed by atoms with Crippen LogP contribution in [0.3, 0.4) is 0 Å². The molecule has 0 unspecified atom stereocenters. The third kappa shape index (κ3) is 27.2. The minimum atomic E-state index is -1.94. The van der Waals surface area contributed by atoms with E-state index in [0.717, 1.165) is 0 Å². The Morgan fingerprint density at radius 1 is 0.624 bits per heavy atom. The number of carbonyl (C=O) groups excluding carboxylic acids is 12. The van der Waals surface area contributed by atoms with Crippen LogP contribution in [0.1, 0.15) is 124 Å². The molecule has 2 aromatic rings. The number of hydrogen-bond acceptors (Lipinski definition) is 18. The van der Waals surface area contributed by atoms with Gasteiger partial charge in [0, 0.05) is 32.0 Å². The molecular formula is C60H93N15O18. The predicted molar refractivity (Wildman–Crippen MR) is 332 cm³/mol. The number of hydrogen-bond donors (Lipinski definition) is 17. The highest BCUT2D eigenvalue weighted by Gasteiger charge is 2.39. The number of likely N-dealkylation sites (tertiary alicyclic amines) is 1. The highest BCUT2D eigenvalue weighted by molar-refractivity contribution is 6.00. The summed E-state index contributed by atoms with van der Waals surface area (Å²) < 4.78 is 0. The zero-order chi connectivity index (χ0) is 69.8. The number of carboxylic acids is 2. The molecule has 1 fully saturated rings. The zero-order valence-electron chi connectivity index (χ0n) is 53.7. The van der Waals surface area contributed by atoms with Gasteiger partial charge in [0.25, 0.3) is 0 Å². The van der Waals surface area contributed by atoms with Crippen molar-refractivity contribution in [2.75, 3.05) is 26.2 Å². The number of nitrogens with zero attached hydrogens (tertiary/aromatic N) is 2. The van der Waals surface area contributed by atoms with Gasteiger partial charge in [0.15, 0.2) is 0 Å². The Kier molecular flexibility index (Phi) is 32.3. The minimum absolute atomic E-state index is 0.0164. The van der Waals surface area contributed by atoms with Gasteiger partial charge in [-0.2, -0.15) is 0 Å². The number of phenolic OH excluding ortho intramolecular Hbond substituents is 1. The number of phenols is 1. The summed E-state index contributed by atoms with van der Waals surface area (Å²) in [5.41, 5.74) is 12.1. The van der Waals surface area contributed by atoms with Gasteiger partial charge in [0.05, 0.1) is 44.2 Å². The first-order valence-corrected chi connectivity index (χ1v) is 30.8. The predicted octanol–water partition coefficient (Wildman–Crippen LogP) is -3.67. The molecule has 516 valence electrons. The molecule has 33 nitrogen and oxygen atoms in total. The summed E-state index contributed by atoms with van der Waals surface area (Å²) in [6.07, 6.45) is 0.997. The monoisotopic (exact) mass is 1310 g/mol. The van der Waals surface area contributed by atoms with Crippen molar-refractivity contribution in [3.63, 3.8) is 0 Å². The lowest BCUT2D eigenvalue weighted by atomic mass is 9.97. The molecular weight excluding hydrogens is 1220 g/mol. The van der Waals surface area contributed by atoms with Crippen LogP contribution >= 0.6 is 0 Å². The average Bonchev–Trinajstić information content (AvgIpc) is 1.92. The number of imidazole rings is 1. The minimum Gasteiger partial charge on any atom is -0.508 e. The molecule has 93 heavy (non-hydrogen) atoms. The number of aliphatic carboxylic acids is 2. The number of carboxylic acid groups (broad SMARTS) is 2. The number of H-pyrrole nitrogens is 1. The highest BCUT2D eigenvalue weighted by Crippen LogP contribution is 2.20. The third-order valence-corrected chi connectivity index (χ3v) is 15.0. The van der Waals surface area contributed by atoms with Crippen LogP contribution in [0.2, 0.25) is 0 Å². The van der Waals surface area contributed by atoms with Gasteiger partial charge in [-0.05, 0) is 79.9 Å². The smallest absolute Gasteiger partial charge is 0.326 e. The fourth-order valence-electron chi connectivity index (χ4n) is 9.89. The Bertz CT molecular complexity index is 2910. The lowest BCUT2D eigenvalue weighted by Gasteiger charge is -2.29. The quantitative estimate of drug-likeness (QED) is 0.0306. The SMILES string of the molecule is CC[C@H](C)[C@H](NC(=O)[C@@H]1CCCN1C(=O)CNC(=O)[C@@H](N)CC(C)C)C(=O)NCC(=O)N[C@@H](CO)C(=O)N[C@@H](CC(C)C)C(=O)N[C@@H](CCC(=O)O)C(=O)N[C@@H](CC(N)=O)C(=O)N[C@@H](Cc1c[nH]cn1)C(=O)N[C@@H](Cc1ccc(O)cc1)C(=O)N[C@@H](CC(C)C)C(=O)O.